The summed E-state index contributed by atoms with van der Waals surface area (Å²) >= 11 is 0. The fourth-order valence-corrected chi connectivity index (χ4v) is 1.07. The molecule has 0 unspecified atom stereocenters. The van der Waals surface area contributed by atoms with Gasteiger partial charge in [0, 0.05) is 6.42 Å². The molecule has 0 spiro atoms. The van der Waals surface area contributed by atoms with E-state index in [1.54, 1.807) is 0 Å². The van der Waals surface area contributed by atoms with Crippen molar-refractivity contribution in [2.45, 2.75) is 12.8 Å². The normalized spacial score (nSPS) is 11.0. The van der Waals surface area contributed by atoms with E-state index in [1.807, 2.05) is 4.72 Å². The fraction of sp³-hybridized carbons (Fsp3) is 0.714. The van der Waals surface area contributed by atoms with Gasteiger partial charge in [-0.2, -0.15) is 0 Å². The summed E-state index contributed by atoms with van der Waals surface area (Å²) in [6.45, 7) is -0.282. The first-order valence-corrected chi connectivity index (χ1v) is 5.77. The minimum absolute atomic E-state index is 0.0187. The molecule has 0 heterocycles. The Hall–Kier alpha value is -0.950. The number of sulfonamides is 1. The maximum atomic E-state index is 11.0. The zero-order chi connectivity index (χ0) is 11.2. The summed E-state index contributed by atoms with van der Waals surface area (Å²) in [6, 6.07) is 0. The summed E-state index contributed by atoms with van der Waals surface area (Å²) in [5, 5.41) is 0. The number of methoxy groups -OCH3 is 1. The quantitative estimate of drug-likeness (QED) is 0.587. The first-order chi connectivity index (χ1) is 6.35. The van der Waals surface area contributed by atoms with Crippen molar-refractivity contribution in [3.05, 3.63) is 0 Å². The van der Waals surface area contributed by atoms with Crippen LogP contribution in [-0.2, 0) is 24.3 Å². The highest BCUT2D eigenvalue weighted by atomic mass is 32.2. The van der Waals surface area contributed by atoms with Crippen LogP contribution in [0.15, 0.2) is 0 Å². The Labute approximate surface area is 82.7 Å². The van der Waals surface area contributed by atoms with Crippen LogP contribution in [0.3, 0.4) is 0 Å². The molecule has 0 radical (unpaired) electrons. The molecule has 14 heavy (non-hydrogen) atoms. The topological polar surface area (TPSA) is 89.5 Å². The lowest BCUT2D eigenvalue weighted by molar-refractivity contribution is -0.141. The number of rotatable bonds is 6. The second-order valence-electron chi connectivity index (χ2n) is 2.71. The van der Waals surface area contributed by atoms with E-state index in [2.05, 4.69) is 4.74 Å². The third kappa shape index (κ3) is 7.69. The molecule has 1 N–H and O–H groups in total. The summed E-state index contributed by atoms with van der Waals surface area (Å²) in [5.74, 6) is -0.835. The number of Topliss-reactive ketones (excluding diaryl/α,β-unsaturated/α-hetero) is 1. The van der Waals surface area contributed by atoms with Crippen molar-refractivity contribution in [1.29, 1.82) is 0 Å². The predicted octanol–water partition coefficient (Wildman–Crippen LogP) is -0.942. The molecule has 0 amide bonds. The van der Waals surface area contributed by atoms with E-state index < -0.39 is 16.0 Å². The van der Waals surface area contributed by atoms with E-state index in [-0.39, 0.29) is 25.2 Å². The summed E-state index contributed by atoms with van der Waals surface area (Å²) in [7, 11) is -2.13. The molecule has 0 aromatic rings. The molecule has 6 nitrogen and oxygen atoms in total. The van der Waals surface area contributed by atoms with E-state index in [1.165, 1.54) is 7.11 Å². The Morgan fingerprint density at radius 3 is 2.29 bits per heavy atom. The van der Waals surface area contributed by atoms with Crippen molar-refractivity contribution in [2.24, 2.45) is 0 Å². The second kappa shape index (κ2) is 5.71. The van der Waals surface area contributed by atoms with Crippen LogP contribution in [0.1, 0.15) is 12.8 Å². The van der Waals surface area contributed by atoms with Crippen LogP contribution in [0.25, 0.3) is 0 Å². The average molecular weight is 223 g/mol. The zero-order valence-corrected chi connectivity index (χ0v) is 8.89. The monoisotopic (exact) mass is 223 g/mol. The number of esters is 1. The maximum Gasteiger partial charge on any atom is 0.305 e. The van der Waals surface area contributed by atoms with Gasteiger partial charge in [-0.15, -0.1) is 0 Å². The molecular weight excluding hydrogens is 210 g/mol. The largest absolute Gasteiger partial charge is 0.469 e. The molecule has 7 heteroatoms. The summed E-state index contributed by atoms with van der Waals surface area (Å²) in [4.78, 5) is 21.6. The highest BCUT2D eigenvalue weighted by molar-refractivity contribution is 7.88. The second-order valence-corrected chi connectivity index (χ2v) is 4.54. The number of hydrogen-bond donors (Lipinski definition) is 1. The molecule has 0 saturated heterocycles. The standard InChI is InChI=1S/C7H13NO5S/c1-13-7(10)4-3-6(9)5-8-14(2,11)12/h8H,3-5H2,1-2H3. The van der Waals surface area contributed by atoms with Gasteiger partial charge in [-0.1, -0.05) is 0 Å². The van der Waals surface area contributed by atoms with Gasteiger partial charge in [0.25, 0.3) is 0 Å². The smallest absolute Gasteiger partial charge is 0.305 e. The molecule has 0 fully saturated rings. The number of ketones is 1. The fourth-order valence-electron chi connectivity index (χ4n) is 0.644. The molecule has 0 bridgehead atoms. The lowest BCUT2D eigenvalue weighted by Crippen LogP contribution is -2.28. The van der Waals surface area contributed by atoms with Crippen LogP contribution in [0.4, 0.5) is 0 Å². The van der Waals surface area contributed by atoms with Crippen LogP contribution in [0, 0.1) is 0 Å². The molecule has 0 atom stereocenters. The number of nitrogens with one attached hydrogen (secondary N) is 1. The first kappa shape index (κ1) is 13.1. The Balaban J connectivity index is 3.73. The van der Waals surface area contributed by atoms with Gasteiger partial charge in [0.05, 0.1) is 26.3 Å². The number of carbonyl (C=O) groups excluding carboxylic acids is 2. The van der Waals surface area contributed by atoms with E-state index >= 15 is 0 Å². The van der Waals surface area contributed by atoms with Gasteiger partial charge < -0.3 is 4.74 Å². The Morgan fingerprint density at radius 1 is 1.29 bits per heavy atom. The van der Waals surface area contributed by atoms with E-state index in [0.29, 0.717) is 0 Å². The molecule has 0 aromatic heterocycles. The lowest BCUT2D eigenvalue weighted by atomic mass is 10.2. The van der Waals surface area contributed by atoms with Crippen molar-refractivity contribution in [3.63, 3.8) is 0 Å². The third-order valence-electron chi connectivity index (χ3n) is 1.37. The van der Waals surface area contributed by atoms with Crippen LogP contribution < -0.4 is 4.72 Å². The Bertz CT molecular complexity index is 308. The van der Waals surface area contributed by atoms with Crippen molar-refractivity contribution in [3.8, 4) is 0 Å². The predicted molar refractivity (Wildman–Crippen MR) is 49.1 cm³/mol. The Morgan fingerprint density at radius 2 is 1.86 bits per heavy atom. The molecule has 0 aliphatic carbocycles. The van der Waals surface area contributed by atoms with Crippen molar-refractivity contribution < 1.29 is 22.7 Å². The highest BCUT2D eigenvalue weighted by Gasteiger charge is 2.09. The summed E-state index contributed by atoms with van der Waals surface area (Å²) in [6.07, 6.45) is 0.913. The lowest BCUT2D eigenvalue weighted by Gasteiger charge is -2.00. The third-order valence-corrected chi connectivity index (χ3v) is 2.04. The van der Waals surface area contributed by atoms with Gasteiger partial charge in [-0.3, -0.25) is 9.59 Å². The van der Waals surface area contributed by atoms with E-state index in [4.69, 9.17) is 0 Å². The molecule has 0 aliphatic rings. The molecule has 0 saturated carbocycles. The summed E-state index contributed by atoms with van der Waals surface area (Å²) in [5.41, 5.74) is 0. The van der Waals surface area contributed by atoms with Crippen molar-refractivity contribution >= 4 is 21.8 Å². The number of carbonyl (C=O) groups is 2. The van der Waals surface area contributed by atoms with Crippen LogP contribution in [0.5, 0.6) is 0 Å². The molecule has 0 aromatic carbocycles. The SMILES string of the molecule is COC(=O)CCC(=O)CNS(C)(=O)=O. The van der Waals surface area contributed by atoms with Crippen LogP contribution in [-0.4, -0.2) is 40.1 Å². The minimum Gasteiger partial charge on any atom is -0.469 e. The molecule has 0 rings (SSSR count). The molecular formula is C7H13NO5S. The van der Waals surface area contributed by atoms with Gasteiger partial charge in [0.15, 0.2) is 0 Å². The average Bonchev–Trinajstić information content (AvgIpc) is 2.09. The highest BCUT2D eigenvalue weighted by Crippen LogP contribution is 1.92. The molecule has 82 valence electrons. The Kier molecular flexibility index (Phi) is 5.32. The van der Waals surface area contributed by atoms with Gasteiger partial charge in [-0.25, -0.2) is 13.1 Å². The van der Waals surface area contributed by atoms with E-state index in [0.717, 1.165) is 6.26 Å². The summed E-state index contributed by atoms with van der Waals surface area (Å²) < 4.78 is 27.5. The van der Waals surface area contributed by atoms with Crippen LogP contribution in [0.2, 0.25) is 0 Å². The van der Waals surface area contributed by atoms with Crippen molar-refractivity contribution in [2.75, 3.05) is 19.9 Å². The first-order valence-electron chi connectivity index (χ1n) is 3.88. The van der Waals surface area contributed by atoms with Gasteiger partial charge >= 0.3 is 5.97 Å². The number of ether oxygens (including phenoxy) is 1. The van der Waals surface area contributed by atoms with Gasteiger partial charge in [0.2, 0.25) is 10.0 Å². The van der Waals surface area contributed by atoms with Crippen molar-refractivity contribution in [1.82, 2.24) is 4.72 Å². The maximum absolute atomic E-state index is 11.0. The van der Waals surface area contributed by atoms with Gasteiger partial charge in [-0.05, 0) is 0 Å². The van der Waals surface area contributed by atoms with Crippen LogP contribution >= 0.6 is 0 Å². The molecule has 0 aliphatic heterocycles. The zero-order valence-electron chi connectivity index (χ0n) is 8.07. The minimum atomic E-state index is -3.35. The number of hydrogen-bond acceptors (Lipinski definition) is 5. The van der Waals surface area contributed by atoms with E-state index in [9.17, 15) is 18.0 Å². The van der Waals surface area contributed by atoms with Gasteiger partial charge in [0.1, 0.15) is 5.78 Å².